The minimum atomic E-state index is -0.944. The predicted octanol–water partition coefficient (Wildman–Crippen LogP) is 1.05. The number of amides is 3. The number of ether oxygens (including phenoxy) is 2. The van der Waals surface area contributed by atoms with Gasteiger partial charge in [-0.2, -0.15) is 5.48 Å². The Labute approximate surface area is 185 Å². The number of nitrogens with zero attached hydrogens (tertiary/aromatic N) is 1. The molecule has 0 unspecified atom stereocenters. The SMILES string of the molecule is CCOC(=O)CCNC(=O)N[C@H]1CCN(c2ccc(C(=N)NOC(=O)OCC)cc2)C1=O. The highest BCUT2D eigenvalue weighted by atomic mass is 16.8. The lowest BCUT2D eigenvalue weighted by molar-refractivity contribution is -0.142. The molecule has 12 heteroatoms. The van der Waals surface area contributed by atoms with Crippen LogP contribution in [0.25, 0.3) is 0 Å². The van der Waals surface area contributed by atoms with Gasteiger partial charge in [0.15, 0.2) is 5.84 Å². The summed E-state index contributed by atoms with van der Waals surface area (Å²) in [4.78, 5) is 53.2. The molecule has 1 heterocycles. The van der Waals surface area contributed by atoms with Crippen LogP contribution < -0.4 is 21.0 Å². The molecule has 1 atom stereocenters. The fourth-order valence-electron chi connectivity index (χ4n) is 2.90. The van der Waals surface area contributed by atoms with Gasteiger partial charge in [-0.1, -0.05) is 0 Å². The quantitative estimate of drug-likeness (QED) is 0.198. The molecule has 0 bridgehead atoms. The summed E-state index contributed by atoms with van der Waals surface area (Å²) in [6.07, 6.45) is -0.469. The number of amidine groups is 1. The maximum absolute atomic E-state index is 12.6. The zero-order chi connectivity index (χ0) is 23.5. The number of benzene rings is 1. The van der Waals surface area contributed by atoms with Crippen molar-refractivity contribution in [3.8, 4) is 0 Å². The average Bonchev–Trinajstić information content (AvgIpc) is 3.12. The van der Waals surface area contributed by atoms with Gasteiger partial charge in [-0.05, 0) is 44.5 Å². The number of hydroxylamine groups is 1. The van der Waals surface area contributed by atoms with Crippen molar-refractivity contribution < 1.29 is 33.5 Å². The molecular formula is C20H27N5O7. The van der Waals surface area contributed by atoms with Crippen molar-refractivity contribution in [2.45, 2.75) is 32.7 Å². The van der Waals surface area contributed by atoms with E-state index in [1.165, 1.54) is 4.90 Å². The first-order valence-corrected chi connectivity index (χ1v) is 10.2. The molecule has 1 saturated heterocycles. The van der Waals surface area contributed by atoms with Crippen LogP contribution in [-0.4, -0.2) is 62.2 Å². The summed E-state index contributed by atoms with van der Waals surface area (Å²) < 4.78 is 9.36. The van der Waals surface area contributed by atoms with E-state index in [4.69, 9.17) is 10.1 Å². The molecule has 0 radical (unpaired) electrons. The molecule has 0 aliphatic carbocycles. The number of hydrogen-bond acceptors (Lipinski definition) is 8. The lowest BCUT2D eigenvalue weighted by Gasteiger charge is -2.18. The zero-order valence-corrected chi connectivity index (χ0v) is 17.9. The number of esters is 1. The van der Waals surface area contributed by atoms with Gasteiger partial charge in [0.2, 0.25) is 5.91 Å². The highest BCUT2D eigenvalue weighted by molar-refractivity contribution is 6.02. The molecule has 3 amide bonds. The van der Waals surface area contributed by atoms with Gasteiger partial charge in [0.05, 0.1) is 19.6 Å². The van der Waals surface area contributed by atoms with Crippen LogP contribution in [0.4, 0.5) is 15.3 Å². The van der Waals surface area contributed by atoms with Crippen LogP contribution in [0.5, 0.6) is 0 Å². The van der Waals surface area contributed by atoms with Gasteiger partial charge in [0.1, 0.15) is 6.04 Å². The standard InChI is InChI=1S/C20H27N5O7/c1-3-30-16(26)9-11-22-19(28)23-15-10-12-25(18(15)27)14-7-5-13(6-8-14)17(21)24-32-20(29)31-4-2/h5-8,15H,3-4,9-12H2,1-2H3,(H2,21,24)(H2,22,23,28)/t15-/m0/s1. The number of nitrogens with one attached hydrogen (secondary N) is 4. The van der Waals surface area contributed by atoms with E-state index in [1.807, 2.05) is 0 Å². The minimum Gasteiger partial charge on any atom is -0.466 e. The molecule has 1 aliphatic rings. The maximum Gasteiger partial charge on any atom is 0.533 e. The number of hydrogen-bond donors (Lipinski definition) is 4. The summed E-state index contributed by atoms with van der Waals surface area (Å²) in [5.41, 5.74) is 3.22. The van der Waals surface area contributed by atoms with Crippen molar-refractivity contribution in [1.29, 1.82) is 5.41 Å². The second-order valence-corrected chi connectivity index (χ2v) is 6.60. The molecular weight excluding hydrogens is 422 g/mol. The molecule has 0 spiro atoms. The van der Waals surface area contributed by atoms with Gasteiger partial charge in [0, 0.05) is 24.3 Å². The number of urea groups is 1. The minimum absolute atomic E-state index is 0.0486. The average molecular weight is 449 g/mol. The third-order valence-corrected chi connectivity index (χ3v) is 4.40. The second kappa shape index (κ2) is 12.1. The van der Waals surface area contributed by atoms with Crippen LogP contribution in [0.1, 0.15) is 32.3 Å². The Morgan fingerprint density at radius 1 is 1.12 bits per heavy atom. The first-order chi connectivity index (χ1) is 15.3. The zero-order valence-electron chi connectivity index (χ0n) is 17.9. The molecule has 1 aliphatic heterocycles. The number of carbonyl (C=O) groups excluding carboxylic acids is 4. The van der Waals surface area contributed by atoms with E-state index in [-0.39, 0.29) is 37.9 Å². The van der Waals surface area contributed by atoms with Gasteiger partial charge in [-0.25, -0.2) is 9.59 Å². The Bertz CT molecular complexity index is 843. The third kappa shape index (κ3) is 7.15. The maximum atomic E-state index is 12.6. The molecule has 1 fully saturated rings. The van der Waals surface area contributed by atoms with Gasteiger partial charge in [-0.3, -0.25) is 15.0 Å². The largest absolute Gasteiger partial charge is 0.533 e. The van der Waals surface area contributed by atoms with E-state index < -0.39 is 24.2 Å². The van der Waals surface area contributed by atoms with Crippen LogP contribution in [0.15, 0.2) is 24.3 Å². The summed E-state index contributed by atoms with van der Waals surface area (Å²) in [5, 5.41) is 13.0. The first kappa shape index (κ1) is 24.4. The molecule has 32 heavy (non-hydrogen) atoms. The predicted molar refractivity (Wildman–Crippen MR) is 113 cm³/mol. The number of rotatable bonds is 8. The third-order valence-electron chi connectivity index (χ3n) is 4.40. The van der Waals surface area contributed by atoms with Crippen LogP contribution >= 0.6 is 0 Å². The fourth-order valence-corrected chi connectivity index (χ4v) is 2.90. The van der Waals surface area contributed by atoms with Crippen LogP contribution in [0.2, 0.25) is 0 Å². The molecule has 1 aromatic rings. The Balaban J connectivity index is 1.83. The summed E-state index contributed by atoms with van der Waals surface area (Å²) in [5.74, 6) is -0.830. The Kier molecular flexibility index (Phi) is 9.26. The lowest BCUT2D eigenvalue weighted by Crippen LogP contribution is -2.46. The topological polar surface area (TPSA) is 159 Å². The Hall–Kier alpha value is -3.83. The summed E-state index contributed by atoms with van der Waals surface area (Å²) in [7, 11) is 0. The monoisotopic (exact) mass is 449 g/mol. The van der Waals surface area contributed by atoms with Gasteiger partial charge in [0.25, 0.3) is 0 Å². The van der Waals surface area contributed by atoms with Gasteiger partial charge in [-0.15, -0.1) is 0 Å². The second-order valence-electron chi connectivity index (χ2n) is 6.60. The normalized spacial score (nSPS) is 15.0. The van der Waals surface area contributed by atoms with E-state index in [9.17, 15) is 19.2 Å². The molecule has 0 saturated carbocycles. The van der Waals surface area contributed by atoms with Crippen molar-refractivity contribution in [1.82, 2.24) is 16.1 Å². The molecule has 0 aromatic heterocycles. The van der Waals surface area contributed by atoms with Crippen molar-refractivity contribution in [2.75, 3.05) is 31.2 Å². The molecule has 2 rings (SSSR count). The lowest BCUT2D eigenvalue weighted by atomic mass is 10.2. The van der Waals surface area contributed by atoms with E-state index in [2.05, 4.69) is 25.7 Å². The van der Waals surface area contributed by atoms with Crippen LogP contribution in [-0.2, 0) is 23.9 Å². The molecule has 12 nitrogen and oxygen atoms in total. The van der Waals surface area contributed by atoms with Crippen LogP contribution in [0, 0.1) is 5.41 Å². The van der Waals surface area contributed by atoms with Gasteiger partial charge >= 0.3 is 18.2 Å². The summed E-state index contributed by atoms with van der Waals surface area (Å²) in [6, 6.07) is 5.26. The van der Waals surface area contributed by atoms with Crippen molar-refractivity contribution >= 4 is 35.6 Å². The highest BCUT2D eigenvalue weighted by Crippen LogP contribution is 2.22. The molecule has 1 aromatic carbocycles. The van der Waals surface area contributed by atoms with E-state index in [1.54, 1.807) is 38.1 Å². The summed E-state index contributed by atoms with van der Waals surface area (Å²) in [6.45, 7) is 4.27. The van der Waals surface area contributed by atoms with Gasteiger partial charge < -0.3 is 29.8 Å². The number of carbonyl (C=O) groups is 4. The van der Waals surface area contributed by atoms with Crippen molar-refractivity contribution in [3.05, 3.63) is 29.8 Å². The Morgan fingerprint density at radius 2 is 1.81 bits per heavy atom. The first-order valence-electron chi connectivity index (χ1n) is 10.2. The molecule has 4 N–H and O–H groups in total. The Morgan fingerprint density at radius 3 is 2.47 bits per heavy atom. The van der Waals surface area contributed by atoms with E-state index in [0.717, 1.165) is 0 Å². The van der Waals surface area contributed by atoms with E-state index >= 15 is 0 Å². The van der Waals surface area contributed by atoms with Crippen LogP contribution in [0.3, 0.4) is 0 Å². The van der Waals surface area contributed by atoms with Crippen molar-refractivity contribution in [3.63, 3.8) is 0 Å². The fraction of sp³-hybridized carbons (Fsp3) is 0.450. The van der Waals surface area contributed by atoms with Crippen molar-refractivity contribution in [2.24, 2.45) is 0 Å². The molecule has 174 valence electrons. The summed E-state index contributed by atoms with van der Waals surface area (Å²) >= 11 is 0. The highest BCUT2D eigenvalue weighted by Gasteiger charge is 2.33. The smallest absolute Gasteiger partial charge is 0.466 e. The number of anilines is 1. The van der Waals surface area contributed by atoms with E-state index in [0.29, 0.717) is 24.2 Å².